The molecule has 1 atom stereocenters. The molecule has 0 saturated carbocycles. The van der Waals surface area contributed by atoms with Crippen LogP contribution in [0.25, 0.3) is 10.2 Å². The molecule has 2 aliphatic rings. The minimum atomic E-state index is -0.145. The number of fused-ring (bicyclic) bond motifs is 1. The maximum atomic E-state index is 12.1. The summed E-state index contributed by atoms with van der Waals surface area (Å²) in [4.78, 5) is 21.0. The van der Waals surface area contributed by atoms with Gasteiger partial charge in [-0.3, -0.25) is 4.79 Å². The van der Waals surface area contributed by atoms with Crippen LogP contribution in [0.4, 0.5) is 5.69 Å². The Bertz CT molecular complexity index is 861. The van der Waals surface area contributed by atoms with Crippen LogP contribution in [0.15, 0.2) is 12.1 Å². The van der Waals surface area contributed by atoms with Crippen LogP contribution < -0.4 is 11.1 Å². The molecular formula is C21H30N4O2S. The molecular weight excluding hydrogens is 372 g/mol. The van der Waals surface area contributed by atoms with E-state index in [1.807, 2.05) is 6.07 Å². The Morgan fingerprint density at radius 2 is 2.21 bits per heavy atom. The summed E-state index contributed by atoms with van der Waals surface area (Å²) < 4.78 is 5.51. The van der Waals surface area contributed by atoms with E-state index in [1.54, 1.807) is 7.05 Å². The molecule has 0 aromatic carbocycles. The molecule has 2 aromatic rings. The second kappa shape index (κ2) is 7.97. The Balaban J connectivity index is 1.56. The van der Waals surface area contributed by atoms with Gasteiger partial charge in [-0.15, -0.1) is 11.3 Å². The van der Waals surface area contributed by atoms with Gasteiger partial charge in [-0.25, -0.2) is 4.98 Å². The van der Waals surface area contributed by atoms with Crippen molar-refractivity contribution in [1.82, 2.24) is 15.2 Å². The molecule has 0 bridgehead atoms. The van der Waals surface area contributed by atoms with Crippen LogP contribution in [0.5, 0.6) is 0 Å². The molecule has 3 N–H and O–H groups in total. The van der Waals surface area contributed by atoms with E-state index in [1.165, 1.54) is 37.1 Å². The van der Waals surface area contributed by atoms with Crippen molar-refractivity contribution in [3.05, 3.63) is 22.7 Å². The highest BCUT2D eigenvalue weighted by molar-refractivity contribution is 7.21. The lowest BCUT2D eigenvalue weighted by molar-refractivity contribution is 0.0429. The van der Waals surface area contributed by atoms with Crippen molar-refractivity contribution < 1.29 is 9.53 Å². The summed E-state index contributed by atoms with van der Waals surface area (Å²) in [6, 6.07) is 4.15. The maximum absolute atomic E-state index is 12.1. The molecule has 4 rings (SSSR count). The van der Waals surface area contributed by atoms with Gasteiger partial charge in [-0.05, 0) is 50.3 Å². The number of anilines is 1. The van der Waals surface area contributed by atoms with E-state index in [-0.39, 0.29) is 11.3 Å². The highest BCUT2D eigenvalue weighted by atomic mass is 32.1. The summed E-state index contributed by atoms with van der Waals surface area (Å²) in [5.74, 6) is 0.604. The van der Waals surface area contributed by atoms with Crippen LogP contribution in [-0.2, 0) is 10.2 Å². The van der Waals surface area contributed by atoms with Gasteiger partial charge in [0.05, 0.1) is 5.69 Å². The number of nitrogens with one attached hydrogen (secondary N) is 1. The average molecular weight is 403 g/mol. The smallest absolute Gasteiger partial charge is 0.263 e. The third-order valence-electron chi connectivity index (χ3n) is 6.28. The minimum Gasteiger partial charge on any atom is -0.397 e. The van der Waals surface area contributed by atoms with Crippen molar-refractivity contribution in [3.8, 4) is 0 Å². The molecule has 152 valence electrons. The molecule has 4 heterocycles. The summed E-state index contributed by atoms with van der Waals surface area (Å²) in [6.07, 6.45) is 4.68. The molecule has 2 fully saturated rings. The molecule has 0 spiro atoms. The highest BCUT2D eigenvalue weighted by Gasteiger charge is 2.35. The lowest BCUT2D eigenvalue weighted by Crippen LogP contribution is -2.46. The first-order valence-corrected chi connectivity index (χ1v) is 11.0. The molecule has 2 aromatic heterocycles. The largest absolute Gasteiger partial charge is 0.397 e. The summed E-state index contributed by atoms with van der Waals surface area (Å²) in [7, 11) is 1.63. The zero-order valence-electron chi connectivity index (χ0n) is 16.8. The van der Waals surface area contributed by atoms with E-state index in [2.05, 4.69) is 23.2 Å². The maximum Gasteiger partial charge on any atom is 0.263 e. The van der Waals surface area contributed by atoms with Crippen molar-refractivity contribution in [3.63, 3.8) is 0 Å². The van der Waals surface area contributed by atoms with Gasteiger partial charge >= 0.3 is 0 Å². The number of carbonyl (C=O) groups excluding carboxylic acids is 1. The topological polar surface area (TPSA) is 80.5 Å². The highest BCUT2D eigenvalue weighted by Crippen LogP contribution is 2.38. The number of carbonyl (C=O) groups is 1. The van der Waals surface area contributed by atoms with Crippen LogP contribution in [0, 0.1) is 5.92 Å². The van der Waals surface area contributed by atoms with Crippen LogP contribution in [-0.4, -0.2) is 55.7 Å². The number of hydrogen-bond acceptors (Lipinski definition) is 6. The SMILES string of the molecule is CNC(=O)c1sc2nc([C@@]3(C)CCCN(CC4CCOCC4)C3)ccc2c1N. The van der Waals surface area contributed by atoms with Crippen LogP contribution in [0.1, 0.15) is 48.0 Å². The van der Waals surface area contributed by atoms with Crippen molar-refractivity contribution >= 4 is 33.1 Å². The number of pyridine rings is 1. The molecule has 28 heavy (non-hydrogen) atoms. The number of amides is 1. The van der Waals surface area contributed by atoms with E-state index in [0.29, 0.717) is 10.6 Å². The third-order valence-corrected chi connectivity index (χ3v) is 7.39. The summed E-state index contributed by atoms with van der Waals surface area (Å²) >= 11 is 1.39. The first kappa shape index (κ1) is 19.6. The number of aromatic nitrogens is 1. The first-order chi connectivity index (χ1) is 13.5. The van der Waals surface area contributed by atoms with Gasteiger partial charge in [0.15, 0.2) is 0 Å². The molecule has 6 nitrogen and oxygen atoms in total. The number of nitrogens with zero attached hydrogens (tertiary/aromatic N) is 2. The second-order valence-corrected chi connectivity index (χ2v) is 9.43. The summed E-state index contributed by atoms with van der Waals surface area (Å²) in [5.41, 5.74) is 7.87. The fourth-order valence-corrected chi connectivity index (χ4v) is 5.66. The summed E-state index contributed by atoms with van der Waals surface area (Å²) in [5, 5.41) is 3.54. The van der Waals surface area contributed by atoms with E-state index >= 15 is 0 Å². The van der Waals surface area contributed by atoms with Gasteiger partial charge in [0.2, 0.25) is 0 Å². The molecule has 2 saturated heterocycles. The van der Waals surface area contributed by atoms with Crippen molar-refractivity contribution in [1.29, 1.82) is 0 Å². The van der Waals surface area contributed by atoms with Gasteiger partial charge in [0.1, 0.15) is 9.71 Å². The third kappa shape index (κ3) is 3.75. The average Bonchev–Trinajstić information content (AvgIpc) is 3.04. The molecule has 0 unspecified atom stereocenters. The number of piperidine rings is 1. The normalized spacial score (nSPS) is 24.5. The molecule has 1 amide bonds. The number of nitrogens with two attached hydrogens (primary N) is 1. The number of likely N-dealkylation sites (tertiary alicyclic amines) is 1. The number of thiophene rings is 1. The molecule has 2 aliphatic heterocycles. The molecule has 0 radical (unpaired) electrons. The lowest BCUT2D eigenvalue weighted by atomic mass is 9.78. The number of rotatable bonds is 4. The van der Waals surface area contributed by atoms with Crippen LogP contribution in [0.3, 0.4) is 0 Å². The fraction of sp³-hybridized carbons (Fsp3) is 0.619. The van der Waals surface area contributed by atoms with Gasteiger partial charge in [-0.2, -0.15) is 0 Å². The minimum absolute atomic E-state index is 0.0313. The van der Waals surface area contributed by atoms with Crippen molar-refractivity contribution in [2.24, 2.45) is 5.92 Å². The Hall–Kier alpha value is -1.70. The monoisotopic (exact) mass is 402 g/mol. The fourth-order valence-electron chi connectivity index (χ4n) is 4.62. The van der Waals surface area contributed by atoms with Crippen molar-refractivity contribution in [2.45, 2.75) is 38.0 Å². The Kier molecular flexibility index (Phi) is 5.58. The zero-order chi connectivity index (χ0) is 19.7. The van der Waals surface area contributed by atoms with Gasteiger partial charge in [-0.1, -0.05) is 6.92 Å². The van der Waals surface area contributed by atoms with Gasteiger partial charge in [0, 0.05) is 49.8 Å². The van der Waals surface area contributed by atoms with E-state index < -0.39 is 0 Å². The zero-order valence-corrected chi connectivity index (χ0v) is 17.6. The van der Waals surface area contributed by atoms with Gasteiger partial charge < -0.3 is 20.7 Å². The number of ether oxygens (including phenoxy) is 1. The summed E-state index contributed by atoms with van der Waals surface area (Å²) in [6.45, 7) is 7.50. The van der Waals surface area contributed by atoms with E-state index in [9.17, 15) is 4.79 Å². The quantitative estimate of drug-likeness (QED) is 0.822. The van der Waals surface area contributed by atoms with E-state index in [4.69, 9.17) is 15.5 Å². The van der Waals surface area contributed by atoms with Crippen molar-refractivity contribution in [2.75, 3.05) is 45.6 Å². The first-order valence-electron chi connectivity index (χ1n) is 10.2. The Morgan fingerprint density at radius 3 is 2.96 bits per heavy atom. The predicted molar refractivity (Wildman–Crippen MR) is 114 cm³/mol. The second-order valence-electron chi connectivity index (χ2n) is 8.43. The van der Waals surface area contributed by atoms with Crippen LogP contribution in [0.2, 0.25) is 0 Å². The number of nitrogen functional groups attached to an aromatic ring is 1. The van der Waals surface area contributed by atoms with Crippen LogP contribution >= 0.6 is 11.3 Å². The lowest BCUT2D eigenvalue weighted by Gasteiger charge is -2.42. The molecule has 0 aliphatic carbocycles. The van der Waals surface area contributed by atoms with E-state index in [0.717, 1.165) is 54.6 Å². The van der Waals surface area contributed by atoms with Gasteiger partial charge in [0.25, 0.3) is 5.91 Å². The standard InChI is InChI=1S/C21H30N4O2S/c1-21(8-3-9-25(13-21)12-14-6-10-27-11-7-14)16-5-4-15-17(22)18(19(26)23-2)28-20(15)24-16/h4-5,14H,3,6-13,22H2,1-2H3,(H,23,26)/t21-/m0/s1. The number of hydrogen-bond donors (Lipinski definition) is 2. The Labute approximate surface area is 170 Å². The predicted octanol–water partition coefficient (Wildman–Crippen LogP) is 3.02. The molecule has 7 heteroatoms. The Morgan fingerprint density at radius 1 is 1.43 bits per heavy atom.